The Bertz CT molecular complexity index is 739. The maximum absolute atomic E-state index is 12.1. The summed E-state index contributed by atoms with van der Waals surface area (Å²) in [5, 5.41) is 10.2. The van der Waals surface area contributed by atoms with Gasteiger partial charge in [-0.3, -0.25) is 0 Å². The largest absolute Gasteiger partial charge is 0.466 e. The van der Waals surface area contributed by atoms with Crippen LogP contribution >= 0.6 is 11.6 Å². The summed E-state index contributed by atoms with van der Waals surface area (Å²) in [6, 6.07) is 7.82. The molecule has 0 saturated carbocycles. The second-order valence-electron chi connectivity index (χ2n) is 4.67. The Morgan fingerprint density at radius 2 is 2.00 bits per heavy atom. The fraction of sp³-hybridized carbons (Fsp3) is 0.286. The highest BCUT2D eigenvalue weighted by Crippen LogP contribution is 2.23. The number of aryl methyl sites for hydroxylation is 2. The van der Waals surface area contributed by atoms with Crippen molar-refractivity contribution in [2.75, 3.05) is 6.54 Å². The van der Waals surface area contributed by atoms with Crippen molar-refractivity contribution < 1.29 is 17.9 Å². The predicted octanol–water partition coefficient (Wildman–Crippen LogP) is 2.56. The van der Waals surface area contributed by atoms with Gasteiger partial charge in [-0.15, -0.1) is 0 Å². The van der Waals surface area contributed by atoms with Gasteiger partial charge in [-0.2, -0.15) is 0 Å². The zero-order valence-electron chi connectivity index (χ0n) is 11.6. The lowest BCUT2D eigenvalue weighted by Crippen LogP contribution is -2.28. The standard InChI is InChI=1S/C14H16ClNO4S/c1-9-7-11(10(2)20-9)13(17)8-16-21(18,19)14-6-4-3-5-12(14)15/h3-7,13,16-17H,8H2,1-2H3. The summed E-state index contributed by atoms with van der Waals surface area (Å²) in [6.07, 6.45) is -0.986. The average Bonchev–Trinajstić information content (AvgIpc) is 2.75. The van der Waals surface area contributed by atoms with Crippen molar-refractivity contribution >= 4 is 21.6 Å². The molecule has 2 aromatic rings. The van der Waals surface area contributed by atoms with Gasteiger partial charge in [0.25, 0.3) is 0 Å². The highest BCUT2D eigenvalue weighted by Gasteiger charge is 2.21. The van der Waals surface area contributed by atoms with E-state index in [1.807, 2.05) is 0 Å². The second kappa shape index (κ2) is 6.19. The van der Waals surface area contributed by atoms with Gasteiger partial charge in [-0.05, 0) is 32.0 Å². The summed E-state index contributed by atoms with van der Waals surface area (Å²) >= 11 is 5.87. The molecule has 1 unspecified atom stereocenters. The monoisotopic (exact) mass is 329 g/mol. The fourth-order valence-corrected chi connectivity index (χ4v) is 3.58. The van der Waals surface area contributed by atoms with E-state index in [4.69, 9.17) is 16.0 Å². The Morgan fingerprint density at radius 1 is 1.33 bits per heavy atom. The smallest absolute Gasteiger partial charge is 0.242 e. The first kappa shape index (κ1) is 16.0. The van der Waals surface area contributed by atoms with Crippen LogP contribution in [0.2, 0.25) is 5.02 Å². The number of furan rings is 1. The van der Waals surface area contributed by atoms with Crippen molar-refractivity contribution in [3.8, 4) is 0 Å². The number of hydrogen-bond acceptors (Lipinski definition) is 4. The second-order valence-corrected chi connectivity index (χ2v) is 6.81. The van der Waals surface area contributed by atoms with Gasteiger partial charge in [0.15, 0.2) is 0 Å². The Morgan fingerprint density at radius 3 is 2.57 bits per heavy atom. The van der Waals surface area contributed by atoms with Crippen LogP contribution in [-0.4, -0.2) is 20.1 Å². The van der Waals surface area contributed by atoms with Crippen LogP contribution in [0.5, 0.6) is 0 Å². The molecule has 0 aliphatic carbocycles. The quantitative estimate of drug-likeness (QED) is 0.883. The van der Waals surface area contributed by atoms with E-state index in [9.17, 15) is 13.5 Å². The first-order valence-corrected chi connectivity index (χ1v) is 8.16. The number of rotatable bonds is 5. The van der Waals surface area contributed by atoms with E-state index in [0.29, 0.717) is 17.1 Å². The molecule has 0 saturated heterocycles. The SMILES string of the molecule is Cc1cc(C(O)CNS(=O)(=O)c2ccccc2Cl)c(C)o1. The summed E-state index contributed by atoms with van der Waals surface area (Å²) in [5.41, 5.74) is 0.564. The molecule has 0 amide bonds. The highest BCUT2D eigenvalue weighted by atomic mass is 35.5. The highest BCUT2D eigenvalue weighted by molar-refractivity contribution is 7.89. The lowest BCUT2D eigenvalue weighted by Gasteiger charge is -2.12. The van der Waals surface area contributed by atoms with Crippen molar-refractivity contribution in [1.82, 2.24) is 4.72 Å². The number of hydrogen-bond donors (Lipinski definition) is 2. The van der Waals surface area contributed by atoms with E-state index in [1.54, 1.807) is 32.0 Å². The Balaban J connectivity index is 2.12. The van der Waals surface area contributed by atoms with Gasteiger partial charge in [0.05, 0.1) is 11.1 Å². The van der Waals surface area contributed by atoms with Crippen molar-refractivity contribution in [1.29, 1.82) is 0 Å². The summed E-state index contributed by atoms with van der Waals surface area (Å²) < 4.78 is 32.0. The van der Waals surface area contributed by atoms with Gasteiger partial charge in [0.1, 0.15) is 16.4 Å². The summed E-state index contributed by atoms with van der Waals surface area (Å²) in [7, 11) is -3.77. The molecule has 0 fully saturated rings. The van der Waals surface area contributed by atoms with Crippen LogP contribution in [0.3, 0.4) is 0 Å². The lowest BCUT2D eigenvalue weighted by atomic mass is 10.1. The number of sulfonamides is 1. The molecule has 1 atom stereocenters. The maximum Gasteiger partial charge on any atom is 0.242 e. The number of benzene rings is 1. The molecule has 1 heterocycles. The van der Waals surface area contributed by atoms with Crippen LogP contribution < -0.4 is 4.72 Å². The number of aliphatic hydroxyl groups is 1. The molecule has 2 rings (SSSR count). The minimum atomic E-state index is -3.77. The van der Waals surface area contributed by atoms with Crippen molar-refractivity contribution in [2.45, 2.75) is 24.8 Å². The lowest BCUT2D eigenvalue weighted by molar-refractivity contribution is 0.180. The van der Waals surface area contributed by atoms with Gasteiger partial charge in [-0.25, -0.2) is 13.1 Å². The van der Waals surface area contributed by atoms with Crippen LogP contribution in [0, 0.1) is 13.8 Å². The summed E-state index contributed by atoms with van der Waals surface area (Å²) in [4.78, 5) is -0.0148. The van der Waals surface area contributed by atoms with Crippen LogP contribution in [-0.2, 0) is 10.0 Å². The number of halogens is 1. The molecule has 7 heteroatoms. The Hall–Kier alpha value is -1.34. The first-order valence-electron chi connectivity index (χ1n) is 6.30. The summed E-state index contributed by atoms with van der Waals surface area (Å²) in [6.45, 7) is 3.32. The molecule has 21 heavy (non-hydrogen) atoms. The van der Waals surface area contributed by atoms with E-state index in [1.165, 1.54) is 12.1 Å². The van der Waals surface area contributed by atoms with Crippen molar-refractivity contribution in [3.05, 3.63) is 52.4 Å². The number of aliphatic hydroxyl groups excluding tert-OH is 1. The normalized spacial score (nSPS) is 13.3. The van der Waals surface area contributed by atoms with E-state index >= 15 is 0 Å². The molecule has 0 radical (unpaired) electrons. The minimum Gasteiger partial charge on any atom is -0.466 e. The van der Waals surface area contributed by atoms with E-state index in [0.717, 1.165) is 0 Å². The molecular formula is C14H16ClNO4S. The molecular weight excluding hydrogens is 314 g/mol. The van der Waals surface area contributed by atoms with Crippen LogP contribution in [0.25, 0.3) is 0 Å². The molecule has 0 spiro atoms. The van der Waals surface area contributed by atoms with Crippen LogP contribution in [0.4, 0.5) is 0 Å². The molecule has 114 valence electrons. The fourth-order valence-electron chi connectivity index (χ4n) is 2.02. The first-order chi connectivity index (χ1) is 9.81. The topological polar surface area (TPSA) is 79.5 Å². The van der Waals surface area contributed by atoms with Gasteiger partial charge in [0, 0.05) is 12.1 Å². The van der Waals surface area contributed by atoms with E-state index in [2.05, 4.69) is 4.72 Å². The van der Waals surface area contributed by atoms with Gasteiger partial charge < -0.3 is 9.52 Å². The molecule has 1 aromatic heterocycles. The van der Waals surface area contributed by atoms with E-state index < -0.39 is 16.1 Å². The molecule has 0 aliphatic rings. The molecule has 2 N–H and O–H groups in total. The third kappa shape index (κ3) is 3.65. The summed E-state index contributed by atoms with van der Waals surface area (Å²) in [5.74, 6) is 1.23. The number of nitrogens with one attached hydrogen (secondary N) is 1. The minimum absolute atomic E-state index is 0.0148. The zero-order valence-corrected chi connectivity index (χ0v) is 13.2. The van der Waals surface area contributed by atoms with E-state index in [-0.39, 0.29) is 16.5 Å². The Labute approximate surface area is 128 Å². The molecule has 1 aromatic carbocycles. The van der Waals surface area contributed by atoms with Gasteiger partial charge in [-0.1, -0.05) is 23.7 Å². The maximum atomic E-state index is 12.1. The van der Waals surface area contributed by atoms with Gasteiger partial charge in [0.2, 0.25) is 10.0 Å². The predicted molar refractivity (Wildman–Crippen MR) is 79.8 cm³/mol. The average molecular weight is 330 g/mol. The molecule has 0 aliphatic heterocycles. The third-order valence-electron chi connectivity index (χ3n) is 3.03. The van der Waals surface area contributed by atoms with Crippen molar-refractivity contribution in [2.24, 2.45) is 0 Å². The van der Waals surface area contributed by atoms with Crippen molar-refractivity contribution in [3.63, 3.8) is 0 Å². The molecule has 0 bridgehead atoms. The van der Waals surface area contributed by atoms with Crippen LogP contribution in [0.15, 0.2) is 39.6 Å². The third-order valence-corrected chi connectivity index (χ3v) is 4.95. The Kier molecular flexibility index (Phi) is 4.73. The molecule has 5 nitrogen and oxygen atoms in total. The van der Waals surface area contributed by atoms with Crippen LogP contribution in [0.1, 0.15) is 23.2 Å². The van der Waals surface area contributed by atoms with Gasteiger partial charge >= 0.3 is 0 Å². The zero-order chi connectivity index (χ0) is 15.6.